The van der Waals surface area contributed by atoms with Crippen LogP contribution in [0.4, 0.5) is 0 Å². The standard InChI is InChI=1S/C11H18N2O2.ClH/c1-14-10-4-3-9(8-13-6-5-12)11(7-10)15-2;/h3-4,7,13H,5-6,8,12H2,1-2H3;1H. The molecule has 0 spiro atoms. The minimum Gasteiger partial charge on any atom is -0.497 e. The Kier molecular flexibility index (Phi) is 7.72. The van der Waals surface area contributed by atoms with Crippen molar-refractivity contribution in [3.05, 3.63) is 23.8 Å². The minimum atomic E-state index is 0. The molecule has 0 atom stereocenters. The van der Waals surface area contributed by atoms with Crippen molar-refractivity contribution >= 4 is 12.4 Å². The van der Waals surface area contributed by atoms with E-state index in [2.05, 4.69) is 5.32 Å². The number of ether oxygens (including phenoxy) is 2. The molecule has 0 saturated heterocycles. The molecule has 0 bridgehead atoms. The topological polar surface area (TPSA) is 56.5 Å². The molecule has 3 N–H and O–H groups in total. The average Bonchev–Trinajstić information content (AvgIpc) is 2.29. The van der Waals surface area contributed by atoms with Gasteiger partial charge in [0.1, 0.15) is 11.5 Å². The third-order valence-electron chi connectivity index (χ3n) is 2.13. The quantitative estimate of drug-likeness (QED) is 0.740. The van der Waals surface area contributed by atoms with Gasteiger partial charge in [-0.2, -0.15) is 0 Å². The number of nitrogens with one attached hydrogen (secondary N) is 1. The Morgan fingerprint density at radius 3 is 2.56 bits per heavy atom. The number of methoxy groups -OCH3 is 2. The fourth-order valence-corrected chi connectivity index (χ4v) is 1.32. The Labute approximate surface area is 103 Å². The van der Waals surface area contributed by atoms with Crippen molar-refractivity contribution in [2.75, 3.05) is 27.3 Å². The van der Waals surface area contributed by atoms with Gasteiger partial charge in [0.05, 0.1) is 14.2 Å². The molecule has 92 valence electrons. The Morgan fingerprint density at radius 1 is 1.25 bits per heavy atom. The minimum absolute atomic E-state index is 0. The molecule has 0 fully saturated rings. The van der Waals surface area contributed by atoms with Gasteiger partial charge in [0, 0.05) is 31.3 Å². The van der Waals surface area contributed by atoms with Crippen LogP contribution in [0, 0.1) is 0 Å². The van der Waals surface area contributed by atoms with E-state index in [4.69, 9.17) is 15.2 Å². The molecule has 0 aliphatic rings. The molecule has 1 aromatic rings. The van der Waals surface area contributed by atoms with E-state index in [1.54, 1.807) is 14.2 Å². The molecule has 1 rings (SSSR count). The zero-order chi connectivity index (χ0) is 11.1. The summed E-state index contributed by atoms with van der Waals surface area (Å²) in [6.07, 6.45) is 0. The van der Waals surface area contributed by atoms with Crippen LogP contribution in [-0.2, 0) is 6.54 Å². The highest BCUT2D eigenvalue weighted by Gasteiger charge is 2.03. The second kappa shape index (κ2) is 8.21. The van der Waals surface area contributed by atoms with Gasteiger partial charge in [-0.05, 0) is 6.07 Å². The number of hydrogen-bond acceptors (Lipinski definition) is 4. The van der Waals surface area contributed by atoms with Crippen LogP contribution in [-0.4, -0.2) is 27.3 Å². The van der Waals surface area contributed by atoms with Crippen molar-refractivity contribution in [1.29, 1.82) is 0 Å². The largest absolute Gasteiger partial charge is 0.497 e. The Morgan fingerprint density at radius 2 is 2.00 bits per heavy atom. The van der Waals surface area contributed by atoms with Crippen molar-refractivity contribution in [1.82, 2.24) is 5.32 Å². The summed E-state index contributed by atoms with van der Waals surface area (Å²) < 4.78 is 10.4. The molecule has 4 nitrogen and oxygen atoms in total. The fourth-order valence-electron chi connectivity index (χ4n) is 1.32. The van der Waals surface area contributed by atoms with Crippen LogP contribution < -0.4 is 20.5 Å². The highest BCUT2D eigenvalue weighted by Crippen LogP contribution is 2.24. The van der Waals surface area contributed by atoms with E-state index in [-0.39, 0.29) is 12.4 Å². The first-order chi connectivity index (χ1) is 7.31. The van der Waals surface area contributed by atoms with Crippen molar-refractivity contribution in [2.24, 2.45) is 5.73 Å². The molecule has 0 saturated carbocycles. The first-order valence-electron chi connectivity index (χ1n) is 4.93. The second-order valence-corrected chi connectivity index (χ2v) is 3.14. The predicted octanol–water partition coefficient (Wildman–Crippen LogP) is 1.17. The van der Waals surface area contributed by atoms with Crippen LogP contribution in [0.15, 0.2) is 18.2 Å². The highest BCUT2D eigenvalue weighted by molar-refractivity contribution is 5.85. The van der Waals surface area contributed by atoms with Gasteiger partial charge in [0.25, 0.3) is 0 Å². The summed E-state index contributed by atoms with van der Waals surface area (Å²) in [5.74, 6) is 1.63. The SMILES string of the molecule is COc1ccc(CNCCN)c(OC)c1.Cl. The van der Waals surface area contributed by atoms with Gasteiger partial charge in [0.2, 0.25) is 0 Å². The lowest BCUT2D eigenvalue weighted by Gasteiger charge is -2.10. The number of nitrogens with two attached hydrogens (primary N) is 1. The Balaban J connectivity index is 0.00000225. The zero-order valence-electron chi connectivity index (χ0n) is 9.66. The summed E-state index contributed by atoms with van der Waals surface area (Å²) >= 11 is 0. The van der Waals surface area contributed by atoms with Crippen LogP contribution in [0.2, 0.25) is 0 Å². The van der Waals surface area contributed by atoms with E-state index in [9.17, 15) is 0 Å². The van der Waals surface area contributed by atoms with Crippen LogP contribution in [0.25, 0.3) is 0 Å². The lowest BCUT2D eigenvalue weighted by molar-refractivity contribution is 0.390. The first kappa shape index (κ1) is 15.0. The van der Waals surface area contributed by atoms with E-state index in [0.717, 1.165) is 30.2 Å². The predicted molar refractivity (Wildman–Crippen MR) is 67.6 cm³/mol. The van der Waals surface area contributed by atoms with Gasteiger partial charge in [0.15, 0.2) is 0 Å². The number of rotatable bonds is 6. The van der Waals surface area contributed by atoms with Gasteiger partial charge in [-0.25, -0.2) is 0 Å². The molecule has 0 amide bonds. The van der Waals surface area contributed by atoms with E-state index < -0.39 is 0 Å². The monoisotopic (exact) mass is 246 g/mol. The molecule has 16 heavy (non-hydrogen) atoms. The fraction of sp³-hybridized carbons (Fsp3) is 0.455. The summed E-state index contributed by atoms with van der Waals surface area (Å²) in [5, 5.41) is 3.22. The van der Waals surface area contributed by atoms with Crippen molar-refractivity contribution in [3.63, 3.8) is 0 Å². The van der Waals surface area contributed by atoms with Gasteiger partial charge < -0.3 is 20.5 Å². The van der Waals surface area contributed by atoms with Gasteiger partial charge in [-0.3, -0.25) is 0 Å². The Bertz CT molecular complexity index is 308. The second-order valence-electron chi connectivity index (χ2n) is 3.14. The normalized spacial score (nSPS) is 9.44. The molecule has 5 heteroatoms. The zero-order valence-corrected chi connectivity index (χ0v) is 10.5. The molecule has 0 radical (unpaired) electrons. The maximum Gasteiger partial charge on any atom is 0.127 e. The van der Waals surface area contributed by atoms with Gasteiger partial charge in [-0.1, -0.05) is 6.07 Å². The lowest BCUT2D eigenvalue weighted by Crippen LogP contribution is -2.22. The van der Waals surface area contributed by atoms with E-state index in [0.29, 0.717) is 6.54 Å². The number of halogens is 1. The van der Waals surface area contributed by atoms with Crippen LogP contribution in [0.3, 0.4) is 0 Å². The van der Waals surface area contributed by atoms with Crippen molar-refractivity contribution in [3.8, 4) is 11.5 Å². The molecular weight excluding hydrogens is 228 g/mol. The molecular formula is C11H19ClN2O2. The summed E-state index contributed by atoms with van der Waals surface area (Å²) in [7, 11) is 3.29. The lowest BCUT2D eigenvalue weighted by atomic mass is 10.2. The average molecular weight is 247 g/mol. The summed E-state index contributed by atoms with van der Waals surface area (Å²) in [5.41, 5.74) is 6.50. The van der Waals surface area contributed by atoms with E-state index >= 15 is 0 Å². The van der Waals surface area contributed by atoms with Gasteiger partial charge >= 0.3 is 0 Å². The first-order valence-corrected chi connectivity index (χ1v) is 4.93. The van der Waals surface area contributed by atoms with E-state index in [1.807, 2.05) is 18.2 Å². The molecule has 1 aromatic carbocycles. The van der Waals surface area contributed by atoms with Crippen molar-refractivity contribution in [2.45, 2.75) is 6.54 Å². The summed E-state index contributed by atoms with van der Waals surface area (Å²) in [4.78, 5) is 0. The maximum absolute atomic E-state index is 5.40. The van der Waals surface area contributed by atoms with E-state index in [1.165, 1.54) is 0 Å². The third kappa shape index (κ3) is 4.26. The number of hydrogen-bond donors (Lipinski definition) is 2. The summed E-state index contributed by atoms with van der Waals surface area (Å²) in [6.45, 7) is 2.19. The Hall–Kier alpha value is -0.970. The van der Waals surface area contributed by atoms with Crippen LogP contribution >= 0.6 is 12.4 Å². The molecule has 0 heterocycles. The third-order valence-corrected chi connectivity index (χ3v) is 2.13. The highest BCUT2D eigenvalue weighted by atomic mass is 35.5. The van der Waals surface area contributed by atoms with Crippen molar-refractivity contribution < 1.29 is 9.47 Å². The molecule has 0 unspecified atom stereocenters. The molecule has 0 aliphatic heterocycles. The van der Waals surface area contributed by atoms with Gasteiger partial charge in [-0.15, -0.1) is 12.4 Å². The molecule has 0 aromatic heterocycles. The van der Waals surface area contributed by atoms with Crippen LogP contribution in [0.5, 0.6) is 11.5 Å². The summed E-state index contributed by atoms with van der Waals surface area (Å²) in [6, 6.07) is 5.78. The maximum atomic E-state index is 5.40. The number of benzene rings is 1. The molecule has 0 aliphatic carbocycles. The smallest absolute Gasteiger partial charge is 0.127 e. The van der Waals surface area contributed by atoms with Crippen LogP contribution in [0.1, 0.15) is 5.56 Å².